The molecule has 0 amide bonds. The SMILES string of the molecule is COc1ccc(COc2ncccc2CN)cc1. The molecule has 1 aromatic heterocycles. The normalized spacial score (nSPS) is 10.1. The largest absolute Gasteiger partial charge is 0.497 e. The summed E-state index contributed by atoms with van der Waals surface area (Å²) in [6.07, 6.45) is 1.70. The molecule has 0 atom stereocenters. The van der Waals surface area contributed by atoms with Gasteiger partial charge in [0, 0.05) is 18.3 Å². The first-order valence-electron chi connectivity index (χ1n) is 5.73. The van der Waals surface area contributed by atoms with E-state index >= 15 is 0 Å². The number of ether oxygens (including phenoxy) is 2. The van der Waals surface area contributed by atoms with E-state index in [0.717, 1.165) is 16.9 Å². The van der Waals surface area contributed by atoms with Crippen LogP contribution in [0.3, 0.4) is 0 Å². The maximum absolute atomic E-state index is 5.66. The number of benzene rings is 1. The first-order valence-corrected chi connectivity index (χ1v) is 5.73. The summed E-state index contributed by atoms with van der Waals surface area (Å²) in [7, 11) is 1.65. The summed E-state index contributed by atoms with van der Waals surface area (Å²) in [5.74, 6) is 1.43. The zero-order valence-corrected chi connectivity index (χ0v) is 10.3. The van der Waals surface area contributed by atoms with Crippen molar-refractivity contribution >= 4 is 0 Å². The molecule has 0 radical (unpaired) electrons. The Balaban J connectivity index is 2.02. The van der Waals surface area contributed by atoms with Crippen molar-refractivity contribution < 1.29 is 9.47 Å². The highest BCUT2D eigenvalue weighted by Crippen LogP contribution is 2.16. The smallest absolute Gasteiger partial charge is 0.218 e. The van der Waals surface area contributed by atoms with Gasteiger partial charge in [-0.1, -0.05) is 18.2 Å². The van der Waals surface area contributed by atoms with Crippen molar-refractivity contribution in [1.29, 1.82) is 0 Å². The first kappa shape index (κ1) is 12.4. The molecular weight excluding hydrogens is 228 g/mol. The Morgan fingerprint density at radius 3 is 2.61 bits per heavy atom. The summed E-state index contributed by atoms with van der Waals surface area (Å²) >= 11 is 0. The van der Waals surface area contributed by atoms with Crippen molar-refractivity contribution in [2.45, 2.75) is 13.2 Å². The van der Waals surface area contributed by atoms with Crippen LogP contribution in [0.4, 0.5) is 0 Å². The minimum absolute atomic E-state index is 0.422. The molecule has 2 N–H and O–H groups in total. The second-order valence-electron chi connectivity index (χ2n) is 3.81. The molecule has 2 rings (SSSR count). The standard InChI is InChI=1S/C14H16N2O2/c1-17-13-6-4-11(5-7-13)10-18-14-12(9-15)3-2-8-16-14/h2-8H,9-10,15H2,1H3. The quantitative estimate of drug-likeness (QED) is 0.875. The van der Waals surface area contributed by atoms with Gasteiger partial charge in [-0.05, 0) is 23.8 Å². The maximum Gasteiger partial charge on any atom is 0.218 e. The zero-order valence-electron chi connectivity index (χ0n) is 10.3. The maximum atomic E-state index is 5.66. The summed E-state index contributed by atoms with van der Waals surface area (Å²) < 4.78 is 10.8. The van der Waals surface area contributed by atoms with Gasteiger partial charge >= 0.3 is 0 Å². The van der Waals surface area contributed by atoms with Crippen LogP contribution in [-0.2, 0) is 13.2 Å². The monoisotopic (exact) mass is 244 g/mol. The van der Waals surface area contributed by atoms with Gasteiger partial charge in [-0.3, -0.25) is 0 Å². The molecule has 4 nitrogen and oxygen atoms in total. The van der Waals surface area contributed by atoms with Crippen LogP contribution in [0.2, 0.25) is 0 Å². The average molecular weight is 244 g/mol. The first-order chi connectivity index (χ1) is 8.83. The predicted molar refractivity (Wildman–Crippen MR) is 69.5 cm³/mol. The number of nitrogens with two attached hydrogens (primary N) is 1. The molecule has 0 saturated carbocycles. The molecule has 4 heteroatoms. The molecular formula is C14H16N2O2. The zero-order chi connectivity index (χ0) is 12.8. The molecule has 0 aliphatic rings. The Labute approximate surface area is 106 Å². The number of pyridine rings is 1. The number of rotatable bonds is 5. The molecule has 0 unspecified atom stereocenters. The van der Waals surface area contributed by atoms with Crippen LogP contribution in [0, 0.1) is 0 Å². The van der Waals surface area contributed by atoms with Gasteiger partial charge in [0.2, 0.25) is 5.88 Å². The van der Waals surface area contributed by atoms with Crippen LogP contribution < -0.4 is 15.2 Å². The van der Waals surface area contributed by atoms with Gasteiger partial charge in [-0.15, -0.1) is 0 Å². The number of aromatic nitrogens is 1. The molecule has 94 valence electrons. The van der Waals surface area contributed by atoms with Gasteiger partial charge in [0.1, 0.15) is 12.4 Å². The molecule has 0 fully saturated rings. The van der Waals surface area contributed by atoms with Crippen LogP contribution in [0.25, 0.3) is 0 Å². The second-order valence-corrected chi connectivity index (χ2v) is 3.81. The summed E-state index contributed by atoms with van der Waals surface area (Å²) in [5, 5.41) is 0. The summed E-state index contributed by atoms with van der Waals surface area (Å²) in [6.45, 7) is 0.889. The molecule has 0 bridgehead atoms. The van der Waals surface area contributed by atoms with Crippen molar-refractivity contribution in [3.63, 3.8) is 0 Å². The van der Waals surface area contributed by atoms with Crippen LogP contribution in [-0.4, -0.2) is 12.1 Å². The second kappa shape index (κ2) is 6.02. The van der Waals surface area contributed by atoms with Crippen molar-refractivity contribution in [2.24, 2.45) is 5.73 Å². The van der Waals surface area contributed by atoms with Gasteiger partial charge < -0.3 is 15.2 Å². The van der Waals surface area contributed by atoms with Crippen molar-refractivity contribution in [3.05, 3.63) is 53.7 Å². The Kier molecular flexibility index (Phi) is 4.15. The van der Waals surface area contributed by atoms with E-state index in [1.165, 1.54) is 0 Å². The fraction of sp³-hybridized carbons (Fsp3) is 0.214. The molecule has 0 saturated heterocycles. The Hall–Kier alpha value is -2.07. The molecule has 18 heavy (non-hydrogen) atoms. The lowest BCUT2D eigenvalue weighted by atomic mass is 10.2. The number of hydrogen-bond acceptors (Lipinski definition) is 4. The highest BCUT2D eigenvalue weighted by Gasteiger charge is 2.03. The highest BCUT2D eigenvalue weighted by atomic mass is 16.5. The lowest BCUT2D eigenvalue weighted by Gasteiger charge is -2.09. The van der Waals surface area contributed by atoms with Crippen LogP contribution >= 0.6 is 0 Å². The fourth-order valence-corrected chi connectivity index (χ4v) is 1.58. The molecule has 1 heterocycles. The third-order valence-corrected chi connectivity index (χ3v) is 2.60. The summed E-state index contributed by atoms with van der Waals surface area (Å²) in [5.41, 5.74) is 7.59. The Morgan fingerprint density at radius 1 is 1.17 bits per heavy atom. The van der Waals surface area contributed by atoms with E-state index in [9.17, 15) is 0 Å². The van der Waals surface area contributed by atoms with Gasteiger partial charge in [0.15, 0.2) is 0 Å². The van der Waals surface area contributed by atoms with E-state index < -0.39 is 0 Å². The third kappa shape index (κ3) is 2.99. The third-order valence-electron chi connectivity index (χ3n) is 2.60. The Morgan fingerprint density at radius 2 is 1.94 bits per heavy atom. The highest BCUT2D eigenvalue weighted by molar-refractivity contribution is 5.28. The van der Waals surface area contributed by atoms with E-state index in [-0.39, 0.29) is 0 Å². The predicted octanol–water partition coefficient (Wildman–Crippen LogP) is 2.13. The van der Waals surface area contributed by atoms with Crippen LogP contribution in [0.5, 0.6) is 11.6 Å². The molecule has 1 aromatic carbocycles. The van der Waals surface area contributed by atoms with Gasteiger partial charge in [0.25, 0.3) is 0 Å². The van der Waals surface area contributed by atoms with E-state index in [4.69, 9.17) is 15.2 Å². The topological polar surface area (TPSA) is 57.4 Å². The lowest BCUT2D eigenvalue weighted by Crippen LogP contribution is -2.04. The minimum atomic E-state index is 0.422. The summed E-state index contributed by atoms with van der Waals surface area (Å²) in [6, 6.07) is 11.5. The number of methoxy groups -OCH3 is 1. The van der Waals surface area contributed by atoms with Crippen molar-refractivity contribution in [3.8, 4) is 11.6 Å². The summed E-state index contributed by atoms with van der Waals surface area (Å²) in [4.78, 5) is 4.17. The molecule has 0 spiro atoms. The van der Waals surface area contributed by atoms with Gasteiger partial charge in [-0.25, -0.2) is 4.98 Å². The fourth-order valence-electron chi connectivity index (χ4n) is 1.58. The molecule has 0 aliphatic heterocycles. The van der Waals surface area contributed by atoms with E-state index in [2.05, 4.69) is 4.98 Å². The Bertz CT molecular complexity index is 497. The minimum Gasteiger partial charge on any atom is -0.497 e. The van der Waals surface area contributed by atoms with Gasteiger partial charge in [0.05, 0.1) is 7.11 Å². The van der Waals surface area contributed by atoms with Crippen LogP contribution in [0.15, 0.2) is 42.6 Å². The van der Waals surface area contributed by atoms with Crippen LogP contribution in [0.1, 0.15) is 11.1 Å². The van der Waals surface area contributed by atoms with E-state index in [1.54, 1.807) is 13.3 Å². The van der Waals surface area contributed by atoms with Gasteiger partial charge in [-0.2, -0.15) is 0 Å². The molecule has 2 aromatic rings. The van der Waals surface area contributed by atoms with Crippen molar-refractivity contribution in [2.75, 3.05) is 7.11 Å². The lowest BCUT2D eigenvalue weighted by molar-refractivity contribution is 0.290. The van der Waals surface area contributed by atoms with E-state index in [1.807, 2.05) is 36.4 Å². The van der Waals surface area contributed by atoms with Crippen molar-refractivity contribution in [1.82, 2.24) is 4.98 Å². The average Bonchev–Trinajstić information content (AvgIpc) is 2.46. The number of hydrogen-bond donors (Lipinski definition) is 1. The van der Waals surface area contributed by atoms with E-state index in [0.29, 0.717) is 19.0 Å². The number of nitrogens with zero attached hydrogens (tertiary/aromatic N) is 1. The molecule has 0 aliphatic carbocycles.